The van der Waals surface area contributed by atoms with Crippen LogP contribution in [0.15, 0.2) is 48.5 Å². The molecule has 2 aromatic carbocycles. The number of ether oxygens (including phenoxy) is 3. The summed E-state index contributed by atoms with van der Waals surface area (Å²) in [5.41, 5.74) is -1.50. The third-order valence-corrected chi connectivity index (χ3v) is 6.93. The molecule has 0 aliphatic carbocycles. The third kappa shape index (κ3) is 5.06. The largest absolute Gasteiger partial charge is 0.493 e. The van der Waals surface area contributed by atoms with E-state index in [1.54, 1.807) is 18.1 Å². The number of carbonyl (C=O) groups is 3. The molecule has 2 aliphatic heterocycles. The molecule has 4 rings (SSSR count). The fourth-order valence-corrected chi connectivity index (χ4v) is 4.99. The minimum absolute atomic E-state index is 0.0598. The van der Waals surface area contributed by atoms with Crippen LogP contribution in [-0.2, 0) is 24.5 Å². The smallest absolute Gasteiger partial charge is 0.241 e. The Kier molecular flexibility index (Phi) is 7.88. The van der Waals surface area contributed by atoms with Crippen LogP contribution in [0.5, 0.6) is 11.5 Å². The van der Waals surface area contributed by atoms with Crippen molar-refractivity contribution in [1.29, 1.82) is 0 Å². The summed E-state index contributed by atoms with van der Waals surface area (Å²) in [6, 6.07) is 13.3. The number of imide groups is 1. The fourth-order valence-electron chi connectivity index (χ4n) is 4.99. The Balaban J connectivity index is 1.48. The summed E-state index contributed by atoms with van der Waals surface area (Å²) in [6.45, 7) is 1.09. The summed E-state index contributed by atoms with van der Waals surface area (Å²) < 4.78 is 31.4. The summed E-state index contributed by atoms with van der Waals surface area (Å²) in [6.07, 6.45) is 0.576. The molecule has 2 aromatic rings. The Morgan fingerprint density at radius 1 is 1.03 bits per heavy atom. The van der Waals surface area contributed by atoms with Gasteiger partial charge in [0.15, 0.2) is 11.5 Å². The molecule has 0 aromatic heterocycles. The van der Waals surface area contributed by atoms with E-state index in [1.807, 2.05) is 24.3 Å². The summed E-state index contributed by atoms with van der Waals surface area (Å²) in [5.74, 6) is -0.595. The van der Waals surface area contributed by atoms with E-state index in [0.29, 0.717) is 37.4 Å². The lowest BCUT2D eigenvalue weighted by Crippen LogP contribution is -2.47. The molecular weight excluding hydrogens is 467 g/mol. The van der Waals surface area contributed by atoms with E-state index in [4.69, 9.17) is 14.2 Å². The number of hydrogen-bond acceptors (Lipinski definition) is 6. The Labute approximate surface area is 209 Å². The lowest BCUT2D eigenvalue weighted by Gasteiger charge is -2.35. The number of hydrogen-bond donors (Lipinski definition) is 0. The minimum atomic E-state index is -1.57. The van der Waals surface area contributed by atoms with Crippen LogP contribution in [-0.4, -0.2) is 74.1 Å². The van der Waals surface area contributed by atoms with Gasteiger partial charge in [-0.3, -0.25) is 19.3 Å². The number of benzene rings is 2. The lowest BCUT2D eigenvalue weighted by molar-refractivity contribution is -0.143. The van der Waals surface area contributed by atoms with Crippen LogP contribution in [0.2, 0.25) is 0 Å². The second kappa shape index (κ2) is 11.1. The molecule has 8 nitrogen and oxygen atoms in total. The Hall–Kier alpha value is -3.46. The van der Waals surface area contributed by atoms with Crippen molar-refractivity contribution in [3.05, 3.63) is 59.9 Å². The van der Waals surface area contributed by atoms with E-state index < -0.39 is 23.0 Å². The molecule has 192 valence electrons. The van der Waals surface area contributed by atoms with E-state index in [2.05, 4.69) is 0 Å². The van der Waals surface area contributed by atoms with Crippen LogP contribution >= 0.6 is 0 Å². The first-order chi connectivity index (χ1) is 17.4. The molecule has 9 heteroatoms. The number of rotatable bonds is 9. The maximum Gasteiger partial charge on any atom is 0.241 e. The first-order valence-corrected chi connectivity index (χ1v) is 12.1. The average molecular weight is 499 g/mol. The van der Waals surface area contributed by atoms with Crippen molar-refractivity contribution in [2.75, 3.05) is 40.5 Å². The van der Waals surface area contributed by atoms with Gasteiger partial charge >= 0.3 is 0 Å². The van der Waals surface area contributed by atoms with Gasteiger partial charge in [0, 0.05) is 51.4 Å². The summed E-state index contributed by atoms with van der Waals surface area (Å²) in [4.78, 5) is 42.5. The topological polar surface area (TPSA) is 85.4 Å². The van der Waals surface area contributed by atoms with E-state index >= 15 is 0 Å². The van der Waals surface area contributed by atoms with Crippen LogP contribution < -0.4 is 9.47 Å². The van der Waals surface area contributed by atoms with Gasteiger partial charge in [-0.05, 0) is 18.2 Å². The first-order valence-electron chi connectivity index (χ1n) is 12.1. The second-order valence-electron chi connectivity index (χ2n) is 9.11. The maximum atomic E-state index is 14.9. The maximum absolute atomic E-state index is 14.9. The number of methoxy groups -OCH3 is 2. The van der Waals surface area contributed by atoms with E-state index in [-0.39, 0.29) is 43.6 Å². The number of likely N-dealkylation sites (tertiary alicyclic amines) is 2. The van der Waals surface area contributed by atoms with Crippen molar-refractivity contribution in [3.63, 3.8) is 0 Å². The van der Waals surface area contributed by atoms with Gasteiger partial charge in [0.1, 0.15) is 11.9 Å². The van der Waals surface area contributed by atoms with Gasteiger partial charge in [-0.25, -0.2) is 4.39 Å². The monoisotopic (exact) mass is 498 g/mol. The highest BCUT2D eigenvalue weighted by atomic mass is 19.1. The molecule has 2 saturated heterocycles. The van der Waals surface area contributed by atoms with Gasteiger partial charge < -0.3 is 19.1 Å². The lowest BCUT2D eigenvalue weighted by atomic mass is 9.75. The molecule has 0 spiro atoms. The van der Waals surface area contributed by atoms with E-state index in [9.17, 15) is 18.8 Å². The summed E-state index contributed by atoms with van der Waals surface area (Å²) in [5, 5.41) is 0. The van der Waals surface area contributed by atoms with Crippen LogP contribution in [0, 0.1) is 5.82 Å². The number of nitrogens with zero attached hydrogens (tertiary/aromatic N) is 2. The van der Waals surface area contributed by atoms with Crippen molar-refractivity contribution >= 4 is 17.7 Å². The van der Waals surface area contributed by atoms with E-state index in [1.165, 1.54) is 25.3 Å². The van der Waals surface area contributed by atoms with Gasteiger partial charge in [0.25, 0.3) is 0 Å². The zero-order valence-corrected chi connectivity index (χ0v) is 20.6. The Morgan fingerprint density at radius 2 is 1.69 bits per heavy atom. The molecule has 2 fully saturated rings. The quantitative estimate of drug-likeness (QED) is 0.495. The van der Waals surface area contributed by atoms with Gasteiger partial charge in [-0.2, -0.15) is 0 Å². The van der Waals surface area contributed by atoms with Crippen molar-refractivity contribution in [3.8, 4) is 11.5 Å². The zero-order valence-electron chi connectivity index (χ0n) is 20.6. The zero-order chi connectivity index (χ0) is 25.7. The first kappa shape index (κ1) is 25.6. The number of para-hydroxylation sites is 2. The SMILES string of the molecule is COCCN1C(=O)CC(CC(=O)N2CCC(Oc3ccccc3OC)CC2)(c2ccccc2F)C1=O. The predicted octanol–water partition coefficient (Wildman–Crippen LogP) is 2.94. The van der Waals surface area contributed by atoms with Crippen molar-refractivity contribution in [1.82, 2.24) is 9.80 Å². The second-order valence-corrected chi connectivity index (χ2v) is 9.11. The van der Waals surface area contributed by atoms with Crippen molar-refractivity contribution in [2.45, 2.75) is 37.2 Å². The highest BCUT2D eigenvalue weighted by Crippen LogP contribution is 2.41. The van der Waals surface area contributed by atoms with Crippen LogP contribution in [0.3, 0.4) is 0 Å². The molecule has 0 N–H and O–H groups in total. The van der Waals surface area contributed by atoms with Gasteiger partial charge in [0.05, 0.1) is 25.7 Å². The molecule has 0 bridgehead atoms. The van der Waals surface area contributed by atoms with Gasteiger partial charge in [-0.1, -0.05) is 30.3 Å². The van der Waals surface area contributed by atoms with E-state index in [0.717, 1.165) is 4.90 Å². The standard InChI is InChI=1S/C27H31FN2O6/c1-34-16-15-30-25(32)18-27(26(30)33,20-7-3-4-8-21(20)28)17-24(31)29-13-11-19(12-14-29)36-23-10-6-5-9-22(23)35-2/h3-10,19H,11-18H2,1-2H3. The molecule has 0 saturated carbocycles. The fraction of sp³-hybridized carbons (Fsp3) is 0.444. The number of carbonyl (C=O) groups excluding carboxylic acids is 3. The Morgan fingerprint density at radius 3 is 2.36 bits per heavy atom. The number of piperidine rings is 1. The van der Waals surface area contributed by atoms with Crippen LogP contribution in [0.4, 0.5) is 4.39 Å². The average Bonchev–Trinajstić information content (AvgIpc) is 3.12. The predicted molar refractivity (Wildman–Crippen MR) is 129 cm³/mol. The number of halogens is 1. The highest BCUT2D eigenvalue weighted by Gasteiger charge is 2.55. The molecule has 1 unspecified atom stereocenters. The molecule has 0 radical (unpaired) electrons. The van der Waals surface area contributed by atoms with Crippen LogP contribution in [0.25, 0.3) is 0 Å². The van der Waals surface area contributed by atoms with Crippen molar-refractivity contribution in [2.24, 2.45) is 0 Å². The van der Waals surface area contributed by atoms with Gasteiger partial charge in [0.2, 0.25) is 17.7 Å². The molecular formula is C27H31FN2O6. The molecule has 1 atom stereocenters. The molecule has 3 amide bonds. The third-order valence-electron chi connectivity index (χ3n) is 6.93. The minimum Gasteiger partial charge on any atom is -0.493 e. The Bertz CT molecular complexity index is 1120. The molecule has 36 heavy (non-hydrogen) atoms. The van der Waals surface area contributed by atoms with Crippen molar-refractivity contribution < 1.29 is 33.0 Å². The molecule has 2 aliphatic rings. The normalized spacial score (nSPS) is 20.6. The summed E-state index contributed by atoms with van der Waals surface area (Å²) >= 11 is 0. The highest BCUT2D eigenvalue weighted by molar-refractivity contribution is 6.10. The number of amides is 3. The molecule has 2 heterocycles. The van der Waals surface area contributed by atoms with Crippen LogP contribution in [0.1, 0.15) is 31.2 Å². The summed E-state index contributed by atoms with van der Waals surface area (Å²) in [7, 11) is 3.06. The van der Waals surface area contributed by atoms with Gasteiger partial charge in [-0.15, -0.1) is 0 Å².